The largest absolute Gasteiger partial charge is 0.508 e. The monoisotopic (exact) mass is 269 g/mol. The summed E-state index contributed by atoms with van der Waals surface area (Å²) in [4.78, 5) is 4.24. The Morgan fingerprint density at radius 2 is 2.10 bits per heavy atom. The van der Waals surface area contributed by atoms with Crippen molar-refractivity contribution in [3.8, 4) is 5.75 Å². The van der Waals surface area contributed by atoms with Gasteiger partial charge in [0.2, 0.25) is 0 Å². The van der Waals surface area contributed by atoms with Crippen LogP contribution in [0, 0.1) is 6.92 Å². The van der Waals surface area contributed by atoms with Crippen LogP contribution in [0.3, 0.4) is 0 Å². The zero-order valence-corrected chi connectivity index (χ0v) is 11.6. The third kappa shape index (κ3) is 2.02. The molecule has 0 bridgehead atoms. The van der Waals surface area contributed by atoms with Gasteiger partial charge in [0, 0.05) is 29.6 Å². The maximum absolute atomic E-state index is 9.88. The van der Waals surface area contributed by atoms with E-state index in [9.17, 15) is 5.11 Å². The SMILES string of the molecule is Cc1cc(O)cc2c1c1ccncc1n2CCCCN. The molecule has 3 N–H and O–H groups in total. The molecule has 0 aliphatic heterocycles. The van der Waals surface area contributed by atoms with Crippen molar-refractivity contribution >= 4 is 21.8 Å². The van der Waals surface area contributed by atoms with Gasteiger partial charge in [-0.25, -0.2) is 0 Å². The molecular formula is C16H19N3O. The second-order valence-corrected chi connectivity index (χ2v) is 5.20. The summed E-state index contributed by atoms with van der Waals surface area (Å²) in [6.07, 6.45) is 5.74. The summed E-state index contributed by atoms with van der Waals surface area (Å²) in [5, 5.41) is 12.3. The first-order chi connectivity index (χ1) is 9.72. The molecule has 0 saturated carbocycles. The van der Waals surface area contributed by atoms with E-state index in [4.69, 9.17) is 5.73 Å². The van der Waals surface area contributed by atoms with Gasteiger partial charge in [0.15, 0.2) is 0 Å². The number of fused-ring (bicyclic) bond motifs is 3. The number of aryl methyl sites for hydroxylation is 2. The second-order valence-electron chi connectivity index (χ2n) is 5.20. The number of phenolic OH excluding ortho intramolecular Hbond substituents is 1. The normalized spacial score (nSPS) is 11.5. The zero-order chi connectivity index (χ0) is 14.1. The van der Waals surface area contributed by atoms with Gasteiger partial charge in [-0.2, -0.15) is 0 Å². The van der Waals surface area contributed by atoms with Crippen LogP contribution in [0.1, 0.15) is 18.4 Å². The zero-order valence-electron chi connectivity index (χ0n) is 11.6. The summed E-state index contributed by atoms with van der Waals surface area (Å²) >= 11 is 0. The average Bonchev–Trinajstić information content (AvgIpc) is 2.73. The molecule has 0 atom stereocenters. The fourth-order valence-corrected chi connectivity index (χ4v) is 2.91. The lowest BCUT2D eigenvalue weighted by atomic mass is 10.1. The van der Waals surface area contributed by atoms with E-state index in [0.717, 1.165) is 36.0 Å². The fourth-order valence-electron chi connectivity index (χ4n) is 2.91. The van der Waals surface area contributed by atoms with E-state index >= 15 is 0 Å². The maximum atomic E-state index is 9.88. The number of aromatic nitrogens is 2. The summed E-state index contributed by atoms with van der Waals surface area (Å²) in [7, 11) is 0. The van der Waals surface area contributed by atoms with Gasteiger partial charge in [0.25, 0.3) is 0 Å². The van der Waals surface area contributed by atoms with Crippen LogP contribution >= 0.6 is 0 Å². The molecule has 3 rings (SSSR count). The molecule has 1 aromatic carbocycles. The van der Waals surface area contributed by atoms with Crippen molar-refractivity contribution in [3.63, 3.8) is 0 Å². The molecule has 0 unspecified atom stereocenters. The molecule has 20 heavy (non-hydrogen) atoms. The minimum Gasteiger partial charge on any atom is -0.508 e. The number of pyridine rings is 1. The number of hydrogen-bond acceptors (Lipinski definition) is 3. The molecule has 0 saturated heterocycles. The molecule has 0 radical (unpaired) electrons. The summed E-state index contributed by atoms with van der Waals surface area (Å²) in [6, 6.07) is 5.69. The van der Waals surface area contributed by atoms with E-state index in [0.29, 0.717) is 12.3 Å². The van der Waals surface area contributed by atoms with Crippen LogP contribution in [-0.2, 0) is 6.54 Å². The van der Waals surface area contributed by atoms with Gasteiger partial charge in [-0.05, 0) is 44.0 Å². The summed E-state index contributed by atoms with van der Waals surface area (Å²) in [6.45, 7) is 3.64. The van der Waals surface area contributed by atoms with Crippen molar-refractivity contribution in [2.24, 2.45) is 5.73 Å². The van der Waals surface area contributed by atoms with Crippen LogP contribution in [0.15, 0.2) is 30.6 Å². The Hall–Kier alpha value is -2.07. The first kappa shape index (κ1) is 12.9. The van der Waals surface area contributed by atoms with E-state index in [-0.39, 0.29) is 0 Å². The molecule has 3 aromatic rings. The van der Waals surface area contributed by atoms with Crippen molar-refractivity contribution in [2.75, 3.05) is 6.54 Å². The van der Waals surface area contributed by atoms with Crippen molar-refractivity contribution in [1.82, 2.24) is 9.55 Å². The third-order valence-corrected chi connectivity index (χ3v) is 3.79. The number of hydrogen-bond donors (Lipinski definition) is 2. The van der Waals surface area contributed by atoms with Crippen LogP contribution in [0.2, 0.25) is 0 Å². The molecule has 2 heterocycles. The van der Waals surface area contributed by atoms with Crippen molar-refractivity contribution < 1.29 is 5.11 Å². The van der Waals surface area contributed by atoms with Gasteiger partial charge in [-0.3, -0.25) is 4.98 Å². The minimum absolute atomic E-state index is 0.311. The van der Waals surface area contributed by atoms with Crippen molar-refractivity contribution in [1.29, 1.82) is 0 Å². The molecular weight excluding hydrogens is 250 g/mol. The first-order valence-electron chi connectivity index (χ1n) is 6.98. The number of nitrogens with zero attached hydrogens (tertiary/aromatic N) is 2. The lowest BCUT2D eigenvalue weighted by Gasteiger charge is -2.07. The lowest BCUT2D eigenvalue weighted by Crippen LogP contribution is -2.03. The fraction of sp³-hybridized carbons (Fsp3) is 0.312. The predicted octanol–water partition coefficient (Wildman–Crippen LogP) is 2.94. The van der Waals surface area contributed by atoms with Crippen LogP contribution in [-0.4, -0.2) is 21.2 Å². The van der Waals surface area contributed by atoms with Gasteiger partial charge in [-0.1, -0.05) is 0 Å². The highest BCUT2D eigenvalue weighted by molar-refractivity contribution is 6.09. The van der Waals surface area contributed by atoms with Gasteiger partial charge in [-0.15, -0.1) is 0 Å². The molecule has 4 heteroatoms. The summed E-state index contributed by atoms with van der Waals surface area (Å²) in [5.41, 5.74) is 8.86. The van der Waals surface area contributed by atoms with E-state index in [1.807, 2.05) is 37.5 Å². The smallest absolute Gasteiger partial charge is 0.117 e. The van der Waals surface area contributed by atoms with Gasteiger partial charge in [0.1, 0.15) is 5.75 Å². The molecule has 4 nitrogen and oxygen atoms in total. The van der Waals surface area contributed by atoms with Crippen LogP contribution in [0.4, 0.5) is 0 Å². The number of benzene rings is 1. The first-order valence-corrected chi connectivity index (χ1v) is 6.98. The molecule has 0 amide bonds. The molecule has 104 valence electrons. The van der Waals surface area contributed by atoms with Crippen molar-refractivity contribution in [2.45, 2.75) is 26.3 Å². The van der Waals surface area contributed by atoms with E-state index in [2.05, 4.69) is 9.55 Å². The average molecular weight is 269 g/mol. The highest BCUT2D eigenvalue weighted by Crippen LogP contribution is 2.33. The number of phenols is 1. The highest BCUT2D eigenvalue weighted by atomic mass is 16.3. The molecule has 0 aliphatic rings. The maximum Gasteiger partial charge on any atom is 0.117 e. The molecule has 0 aliphatic carbocycles. The van der Waals surface area contributed by atoms with Crippen LogP contribution < -0.4 is 5.73 Å². The Bertz CT molecular complexity index is 761. The Kier molecular flexibility index (Phi) is 3.32. The predicted molar refractivity (Wildman–Crippen MR) is 81.9 cm³/mol. The molecule has 0 fully saturated rings. The van der Waals surface area contributed by atoms with Crippen LogP contribution in [0.5, 0.6) is 5.75 Å². The van der Waals surface area contributed by atoms with Gasteiger partial charge in [0.05, 0.1) is 17.2 Å². The topological polar surface area (TPSA) is 64.1 Å². The van der Waals surface area contributed by atoms with Crippen LogP contribution in [0.25, 0.3) is 21.8 Å². The Morgan fingerprint density at radius 1 is 1.25 bits per heavy atom. The van der Waals surface area contributed by atoms with E-state index in [1.54, 1.807) is 0 Å². The molecule has 2 aromatic heterocycles. The lowest BCUT2D eigenvalue weighted by molar-refractivity contribution is 0.475. The Morgan fingerprint density at radius 3 is 2.90 bits per heavy atom. The van der Waals surface area contributed by atoms with Gasteiger partial charge >= 0.3 is 0 Å². The molecule has 0 spiro atoms. The number of nitrogens with two attached hydrogens (primary N) is 1. The van der Waals surface area contributed by atoms with E-state index in [1.165, 1.54) is 10.8 Å². The van der Waals surface area contributed by atoms with E-state index < -0.39 is 0 Å². The second kappa shape index (κ2) is 5.13. The van der Waals surface area contributed by atoms with Gasteiger partial charge < -0.3 is 15.4 Å². The Balaban J connectivity index is 2.28. The third-order valence-electron chi connectivity index (χ3n) is 3.79. The van der Waals surface area contributed by atoms with Crippen molar-refractivity contribution in [3.05, 3.63) is 36.2 Å². The quantitative estimate of drug-likeness (QED) is 0.716. The summed E-state index contributed by atoms with van der Waals surface area (Å²) in [5.74, 6) is 0.311. The minimum atomic E-state index is 0.311. The number of aromatic hydroxyl groups is 1. The summed E-state index contributed by atoms with van der Waals surface area (Å²) < 4.78 is 2.24. The number of unbranched alkanes of at least 4 members (excludes halogenated alkanes) is 1. The highest BCUT2D eigenvalue weighted by Gasteiger charge is 2.13. The standard InChI is InChI=1S/C16H19N3O/c1-11-8-12(20)9-14-16(11)13-4-6-18-10-15(13)19(14)7-3-2-5-17/h4,6,8-10,20H,2-3,5,7,17H2,1H3. The Labute approximate surface area is 117 Å². The number of rotatable bonds is 4.